The van der Waals surface area contributed by atoms with E-state index in [2.05, 4.69) is 17.8 Å². The van der Waals surface area contributed by atoms with Gasteiger partial charge in [-0.1, -0.05) is 0 Å². The fourth-order valence-electron chi connectivity index (χ4n) is 2.59. The molecule has 0 aromatic carbocycles. The summed E-state index contributed by atoms with van der Waals surface area (Å²) in [6, 6.07) is 2.24. The number of nitriles is 1. The van der Waals surface area contributed by atoms with Crippen LogP contribution in [0, 0.1) is 11.3 Å². The SMILES string of the molecule is N#CC1OC12CC1CCC(C2)S1. The molecule has 0 aromatic rings. The molecule has 0 aliphatic carbocycles. The molecule has 1 spiro atoms. The summed E-state index contributed by atoms with van der Waals surface area (Å²) in [7, 11) is 0. The topological polar surface area (TPSA) is 36.3 Å². The van der Waals surface area contributed by atoms with E-state index < -0.39 is 0 Å². The Balaban J connectivity index is 1.81. The molecule has 3 atom stereocenters. The van der Waals surface area contributed by atoms with Crippen LogP contribution in [0.1, 0.15) is 25.7 Å². The van der Waals surface area contributed by atoms with Gasteiger partial charge in [-0.3, -0.25) is 0 Å². The summed E-state index contributed by atoms with van der Waals surface area (Å²) >= 11 is 2.12. The maximum absolute atomic E-state index is 8.73. The molecule has 0 radical (unpaired) electrons. The molecule has 2 nitrogen and oxygen atoms in total. The van der Waals surface area contributed by atoms with Gasteiger partial charge < -0.3 is 4.74 Å². The number of nitrogens with zero attached hydrogens (tertiary/aromatic N) is 1. The zero-order chi connectivity index (χ0) is 8.18. The van der Waals surface area contributed by atoms with Crippen LogP contribution < -0.4 is 0 Å². The van der Waals surface area contributed by atoms with Gasteiger partial charge in [0.05, 0.1) is 6.07 Å². The minimum Gasteiger partial charge on any atom is -0.350 e. The van der Waals surface area contributed by atoms with Crippen LogP contribution in [0.2, 0.25) is 0 Å². The molecule has 12 heavy (non-hydrogen) atoms. The summed E-state index contributed by atoms with van der Waals surface area (Å²) in [6.45, 7) is 0. The van der Waals surface area contributed by atoms with Crippen LogP contribution in [-0.4, -0.2) is 22.2 Å². The number of thioether (sulfide) groups is 1. The Hall–Kier alpha value is -0.200. The van der Waals surface area contributed by atoms with Crippen molar-refractivity contribution < 1.29 is 4.74 Å². The first-order valence-corrected chi connectivity index (χ1v) is 5.50. The lowest BCUT2D eigenvalue weighted by Crippen LogP contribution is -2.27. The Morgan fingerprint density at radius 2 is 2.00 bits per heavy atom. The van der Waals surface area contributed by atoms with Gasteiger partial charge in [-0.25, -0.2) is 0 Å². The maximum Gasteiger partial charge on any atom is 0.173 e. The Morgan fingerprint density at radius 3 is 2.50 bits per heavy atom. The molecule has 64 valence electrons. The van der Waals surface area contributed by atoms with Crippen molar-refractivity contribution in [1.82, 2.24) is 0 Å². The highest BCUT2D eigenvalue weighted by Crippen LogP contribution is 2.56. The largest absolute Gasteiger partial charge is 0.350 e. The molecule has 3 rings (SSSR count). The van der Waals surface area contributed by atoms with Crippen LogP contribution in [0.3, 0.4) is 0 Å². The predicted molar refractivity (Wildman–Crippen MR) is 46.9 cm³/mol. The third kappa shape index (κ3) is 0.855. The van der Waals surface area contributed by atoms with Crippen LogP contribution in [-0.2, 0) is 4.74 Å². The standard InChI is InChI=1S/C9H11NOS/c10-5-8-9(11-8)3-6-1-2-7(4-9)12-6/h6-8H,1-4H2. The normalized spacial score (nSPS) is 55.4. The van der Waals surface area contributed by atoms with Crippen molar-refractivity contribution in [3.05, 3.63) is 0 Å². The zero-order valence-electron chi connectivity index (χ0n) is 6.82. The monoisotopic (exact) mass is 181 g/mol. The van der Waals surface area contributed by atoms with E-state index in [1.165, 1.54) is 12.8 Å². The first-order valence-electron chi connectivity index (χ1n) is 4.55. The van der Waals surface area contributed by atoms with Gasteiger partial charge in [0.2, 0.25) is 0 Å². The Labute approximate surface area is 76.3 Å². The summed E-state index contributed by atoms with van der Waals surface area (Å²) in [5.41, 5.74) is 0.0197. The minimum absolute atomic E-state index is 0.0197. The van der Waals surface area contributed by atoms with Gasteiger partial charge in [-0.2, -0.15) is 17.0 Å². The highest BCUT2D eigenvalue weighted by molar-refractivity contribution is 8.00. The van der Waals surface area contributed by atoms with E-state index in [9.17, 15) is 0 Å². The Kier molecular flexibility index (Phi) is 1.31. The molecule has 0 aromatic heterocycles. The number of fused-ring (bicyclic) bond motifs is 2. The first-order chi connectivity index (χ1) is 5.82. The van der Waals surface area contributed by atoms with Crippen LogP contribution in [0.15, 0.2) is 0 Å². The molecule has 3 fully saturated rings. The van der Waals surface area contributed by atoms with Gasteiger partial charge in [0.1, 0.15) is 5.60 Å². The molecule has 2 bridgehead atoms. The van der Waals surface area contributed by atoms with E-state index in [0.29, 0.717) is 0 Å². The fourth-order valence-corrected chi connectivity index (χ4v) is 4.43. The van der Waals surface area contributed by atoms with Crippen molar-refractivity contribution in [3.8, 4) is 6.07 Å². The minimum atomic E-state index is -0.0681. The summed E-state index contributed by atoms with van der Waals surface area (Å²) in [6.07, 6.45) is 4.89. The van der Waals surface area contributed by atoms with Crippen molar-refractivity contribution in [1.29, 1.82) is 5.26 Å². The molecular formula is C9H11NOS. The Bertz CT molecular complexity index is 248. The van der Waals surface area contributed by atoms with E-state index in [0.717, 1.165) is 23.3 Å². The maximum atomic E-state index is 8.73. The van der Waals surface area contributed by atoms with Crippen molar-refractivity contribution >= 4 is 11.8 Å². The third-order valence-electron chi connectivity index (χ3n) is 3.23. The lowest BCUT2D eigenvalue weighted by atomic mass is 9.96. The van der Waals surface area contributed by atoms with E-state index in [4.69, 9.17) is 10.00 Å². The molecule has 3 heterocycles. The van der Waals surface area contributed by atoms with Gasteiger partial charge in [-0.05, 0) is 25.7 Å². The van der Waals surface area contributed by atoms with E-state index >= 15 is 0 Å². The fraction of sp³-hybridized carbons (Fsp3) is 0.889. The average Bonchev–Trinajstić information content (AvgIpc) is 2.62. The van der Waals surface area contributed by atoms with Gasteiger partial charge in [0.15, 0.2) is 6.10 Å². The van der Waals surface area contributed by atoms with E-state index in [1.807, 2.05) is 0 Å². The molecule has 0 amide bonds. The van der Waals surface area contributed by atoms with E-state index in [1.54, 1.807) is 0 Å². The second-order valence-corrected chi connectivity index (χ2v) is 5.66. The number of ether oxygens (including phenoxy) is 1. The zero-order valence-corrected chi connectivity index (χ0v) is 7.64. The average molecular weight is 181 g/mol. The smallest absolute Gasteiger partial charge is 0.173 e. The molecule has 3 unspecified atom stereocenters. The van der Waals surface area contributed by atoms with Crippen LogP contribution in [0.5, 0.6) is 0 Å². The summed E-state index contributed by atoms with van der Waals surface area (Å²) in [5.74, 6) is 0. The van der Waals surface area contributed by atoms with Crippen molar-refractivity contribution in [2.45, 2.75) is 47.9 Å². The number of hydrogen-bond donors (Lipinski definition) is 0. The first kappa shape index (κ1) is 7.23. The number of rotatable bonds is 0. The lowest BCUT2D eigenvalue weighted by Gasteiger charge is -2.24. The van der Waals surface area contributed by atoms with Gasteiger partial charge in [0.25, 0.3) is 0 Å². The van der Waals surface area contributed by atoms with Gasteiger partial charge in [0, 0.05) is 10.5 Å². The number of epoxide rings is 1. The summed E-state index contributed by atoms with van der Waals surface area (Å²) in [5, 5.41) is 10.3. The predicted octanol–water partition coefficient (Wildman–Crippen LogP) is 1.71. The second kappa shape index (κ2) is 2.18. The second-order valence-electron chi connectivity index (χ2n) is 4.06. The van der Waals surface area contributed by atoms with Gasteiger partial charge >= 0.3 is 0 Å². The summed E-state index contributed by atoms with van der Waals surface area (Å²) < 4.78 is 5.50. The van der Waals surface area contributed by atoms with Crippen molar-refractivity contribution in [3.63, 3.8) is 0 Å². The number of hydrogen-bond acceptors (Lipinski definition) is 3. The summed E-state index contributed by atoms with van der Waals surface area (Å²) in [4.78, 5) is 0. The third-order valence-corrected chi connectivity index (χ3v) is 4.81. The molecule has 0 N–H and O–H groups in total. The van der Waals surface area contributed by atoms with Crippen molar-refractivity contribution in [2.24, 2.45) is 0 Å². The molecule has 3 saturated heterocycles. The van der Waals surface area contributed by atoms with Crippen molar-refractivity contribution in [2.75, 3.05) is 0 Å². The molecule has 3 aliphatic heterocycles. The van der Waals surface area contributed by atoms with Crippen LogP contribution in [0.25, 0.3) is 0 Å². The quantitative estimate of drug-likeness (QED) is 0.534. The molecule has 0 saturated carbocycles. The highest BCUT2D eigenvalue weighted by atomic mass is 32.2. The lowest BCUT2D eigenvalue weighted by molar-refractivity contribution is 0.272. The Morgan fingerprint density at radius 1 is 1.33 bits per heavy atom. The molecule has 3 heteroatoms. The molecular weight excluding hydrogens is 170 g/mol. The van der Waals surface area contributed by atoms with E-state index in [-0.39, 0.29) is 11.7 Å². The molecule has 3 aliphatic rings. The van der Waals surface area contributed by atoms with Crippen LogP contribution >= 0.6 is 11.8 Å². The highest BCUT2D eigenvalue weighted by Gasteiger charge is 2.61. The van der Waals surface area contributed by atoms with Gasteiger partial charge in [-0.15, -0.1) is 0 Å². The van der Waals surface area contributed by atoms with Crippen LogP contribution in [0.4, 0.5) is 0 Å².